The molecule has 1 heterocycles. The molecule has 2 rings (SSSR count). The maximum absolute atomic E-state index is 11.9. The van der Waals surface area contributed by atoms with Crippen molar-refractivity contribution in [1.29, 1.82) is 0 Å². The Balaban J connectivity index is 2.30. The molecule has 1 aliphatic heterocycles. The van der Waals surface area contributed by atoms with Crippen molar-refractivity contribution in [3.05, 3.63) is 30.3 Å². The Morgan fingerprint density at radius 2 is 2.05 bits per heavy atom. The van der Waals surface area contributed by atoms with E-state index in [0.717, 1.165) is 0 Å². The highest BCUT2D eigenvalue weighted by Crippen LogP contribution is 2.23. The van der Waals surface area contributed by atoms with Crippen LogP contribution in [0.3, 0.4) is 0 Å². The zero-order chi connectivity index (χ0) is 13.8. The molecule has 0 saturated carbocycles. The molecule has 6 heteroatoms. The van der Waals surface area contributed by atoms with Crippen LogP contribution < -0.4 is 4.90 Å². The van der Waals surface area contributed by atoms with Crippen molar-refractivity contribution in [3.8, 4) is 0 Å². The highest BCUT2D eigenvalue weighted by molar-refractivity contribution is 5.99. The lowest BCUT2D eigenvalue weighted by Gasteiger charge is -2.24. The summed E-state index contributed by atoms with van der Waals surface area (Å²) in [5.41, 5.74) is 0.702. The van der Waals surface area contributed by atoms with Gasteiger partial charge < -0.3 is 14.7 Å². The maximum atomic E-state index is 11.9. The number of benzene rings is 1. The number of hydrogen-bond donors (Lipinski definition) is 1. The molecule has 0 fully saturated rings. The Morgan fingerprint density at radius 3 is 2.63 bits per heavy atom. The third-order valence-electron chi connectivity index (χ3n) is 2.79. The first-order chi connectivity index (χ1) is 9.15. The van der Waals surface area contributed by atoms with E-state index < -0.39 is 24.0 Å². The minimum atomic E-state index is -1.15. The zero-order valence-electron chi connectivity index (χ0n) is 10.4. The number of carboxylic acid groups (broad SMARTS) is 1. The number of nitrogens with zero attached hydrogens (tertiary/aromatic N) is 2. The number of aliphatic imine (C=N–C) groups is 1. The van der Waals surface area contributed by atoms with Gasteiger partial charge in [0.1, 0.15) is 0 Å². The molecule has 1 aromatic carbocycles. The summed E-state index contributed by atoms with van der Waals surface area (Å²) in [6.45, 7) is 1.88. The first-order valence-corrected chi connectivity index (χ1v) is 5.91. The second-order valence-corrected chi connectivity index (χ2v) is 3.99. The van der Waals surface area contributed by atoms with E-state index in [-0.39, 0.29) is 6.61 Å². The Bertz CT molecular complexity index is 501. The molecule has 100 valence electrons. The first-order valence-electron chi connectivity index (χ1n) is 5.91. The summed E-state index contributed by atoms with van der Waals surface area (Å²) < 4.78 is 4.93. The van der Waals surface area contributed by atoms with Crippen LogP contribution in [0.4, 0.5) is 5.69 Å². The molecule has 0 bridgehead atoms. The number of ether oxygens (including phenoxy) is 1. The van der Waals surface area contributed by atoms with E-state index in [1.54, 1.807) is 31.2 Å². The van der Waals surface area contributed by atoms with Gasteiger partial charge in [-0.05, 0) is 19.1 Å². The molecule has 0 saturated heterocycles. The quantitative estimate of drug-likeness (QED) is 0.816. The number of para-hydroxylation sites is 1. The van der Waals surface area contributed by atoms with Crippen molar-refractivity contribution in [2.24, 2.45) is 4.99 Å². The summed E-state index contributed by atoms with van der Waals surface area (Å²) in [4.78, 5) is 28.5. The predicted molar refractivity (Wildman–Crippen MR) is 69.3 cm³/mol. The van der Waals surface area contributed by atoms with Gasteiger partial charge in [0.25, 0.3) is 0 Å². The van der Waals surface area contributed by atoms with E-state index in [4.69, 9.17) is 9.84 Å². The molecule has 0 spiro atoms. The number of rotatable bonds is 4. The fraction of sp³-hybridized carbons (Fsp3) is 0.308. The second kappa shape index (κ2) is 5.51. The summed E-state index contributed by atoms with van der Waals surface area (Å²) in [6, 6.07) is 6.91. The van der Waals surface area contributed by atoms with Crippen LogP contribution in [0, 0.1) is 0 Å². The highest BCUT2D eigenvalue weighted by Gasteiger charge is 2.42. The van der Waals surface area contributed by atoms with Gasteiger partial charge in [0.05, 0.1) is 12.9 Å². The second-order valence-electron chi connectivity index (χ2n) is 3.99. The zero-order valence-corrected chi connectivity index (χ0v) is 10.4. The molecule has 1 aromatic rings. The standard InChI is InChI=1S/C13H14N2O4/c1-2-19-13(18)11-10(12(16)17)14-8-15(11)9-6-4-3-5-7-9/h3-8,10-11H,2H2,1H3,(H,16,17). The summed E-state index contributed by atoms with van der Waals surface area (Å²) >= 11 is 0. The molecule has 0 aliphatic carbocycles. The number of carboxylic acids is 1. The van der Waals surface area contributed by atoms with Gasteiger partial charge in [-0.2, -0.15) is 0 Å². The fourth-order valence-corrected chi connectivity index (χ4v) is 1.95. The molecule has 2 unspecified atom stereocenters. The average Bonchev–Trinajstić information content (AvgIpc) is 2.85. The van der Waals surface area contributed by atoms with Crippen LogP contribution in [0.1, 0.15) is 6.92 Å². The van der Waals surface area contributed by atoms with Crippen LogP contribution in [-0.4, -0.2) is 42.1 Å². The average molecular weight is 262 g/mol. The fourth-order valence-electron chi connectivity index (χ4n) is 1.95. The monoisotopic (exact) mass is 262 g/mol. The summed E-state index contributed by atoms with van der Waals surface area (Å²) in [6.07, 6.45) is 1.37. The molecule has 2 atom stereocenters. The lowest BCUT2D eigenvalue weighted by Crippen LogP contribution is -2.47. The van der Waals surface area contributed by atoms with Gasteiger partial charge in [-0.1, -0.05) is 18.2 Å². The number of anilines is 1. The topological polar surface area (TPSA) is 79.2 Å². The summed E-state index contributed by atoms with van der Waals surface area (Å²) in [5, 5.41) is 9.12. The first kappa shape index (κ1) is 13.1. The Morgan fingerprint density at radius 1 is 1.37 bits per heavy atom. The van der Waals surface area contributed by atoms with Gasteiger partial charge in [-0.25, -0.2) is 9.59 Å². The van der Waals surface area contributed by atoms with Gasteiger partial charge in [0.2, 0.25) is 0 Å². The van der Waals surface area contributed by atoms with Crippen molar-refractivity contribution in [2.45, 2.75) is 19.0 Å². The van der Waals surface area contributed by atoms with E-state index in [1.807, 2.05) is 6.07 Å². The van der Waals surface area contributed by atoms with Crippen molar-refractivity contribution in [2.75, 3.05) is 11.5 Å². The number of carbonyl (C=O) groups excluding carboxylic acids is 1. The van der Waals surface area contributed by atoms with Crippen LogP contribution in [0.2, 0.25) is 0 Å². The summed E-state index contributed by atoms with van der Waals surface area (Å²) in [7, 11) is 0. The SMILES string of the molecule is CCOC(=O)C1C(C(=O)O)N=CN1c1ccccc1. The predicted octanol–water partition coefficient (Wildman–Crippen LogP) is 0.920. The third-order valence-corrected chi connectivity index (χ3v) is 2.79. The lowest BCUT2D eigenvalue weighted by atomic mass is 10.1. The molecular formula is C13H14N2O4. The largest absolute Gasteiger partial charge is 0.480 e. The smallest absolute Gasteiger partial charge is 0.332 e. The molecule has 6 nitrogen and oxygen atoms in total. The molecule has 0 amide bonds. The molecule has 19 heavy (non-hydrogen) atoms. The lowest BCUT2D eigenvalue weighted by molar-refractivity contribution is -0.149. The van der Waals surface area contributed by atoms with Gasteiger partial charge in [-0.3, -0.25) is 4.99 Å². The number of esters is 1. The normalized spacial score (nSPS) is 21.4. The summed E-state index contributed by atoms with van der Waals surface area (Å²) in [5.74, 6) is -1.73. The minimum absolute atomic E-state index is 0.199. The van der Waals surface area contributed by atoms with E-state index in [1.165, 1.54) is 11.2 Å². The van der Waals surface area contributed by atoms with E-state index in [9.17, 15) is 9.59 Å². The van der Waals surface area contributed by atoms with Gasteiger partial charge in [0.15, 0.2) is 12.1 Å². The van der Waals surface area contributed by atoms with E-state index in [2.05, 4.69) is 4.99 Å². The molecule has 0 radical (unpaired) electrons. The van der Waals surface area contributed by atoms with Crippen molar-refractivity contribution >= 4 is 24.0 Å². The van der Waals surface area contributed by atoms with Gasteiger partial charge in [-0.15, -0.1) is 0 Å². The van der Waals surface area contributed by atoms with Gasteiger partial charge >= 0.3 is 11.9 Å². The minimum Gasteiger partial charge on any atom is -0.480 e. The Hall–Kier alpha value is -2.37. The molecule has 0 aromatic heterocycles. The number of carbonyl (C=O) groups is 2. The van der Waals surface area contributed by atoms with E-state index in [0.29, 0.717) is 5.69 Å². The van der Waals surface area contributed by atoms with Crippen molar-refractivity contribution < 1.29 is 19.4 Å². The van der Waals surface area contributed by atoms with Crippen LogP contribution in [-0.2, 0) is 14.3 Å². The van der Waals surface area contributed by atoms with Crippen LogP contribution in [0.5, 0.6) is 0 Å². The van der Waals surface area contributed by atoms with Crippen molar-refractivity contribution in [3.63, 3.8) is 0 Å². The Kier molecular flexibility index (Phi) is 3.79. The third kappa shape index (κ3) is 2.57. The maximum Gasteiger partial charge on any atom is 0.332 e. The van der Waals surface area contributed by atoms with Gasteiger partial charge in [0, 0.05) is 5.69 Å². The molecule has 1 aliphatic rings. The van der Waals surface area contributed by atoms with Crippen LogP contribution in [0.25, 0.3) is 0 Å². The number of aliphatic carboxylic acids is 1. The Labute approximate surface area is 110 Å². The van der Waals surface area contributed by atoms with Crippen LogP contribution in [0.15, 0.2) is 35.3 Å². The molecule has 1 N–H and O–H groups in total. The highest BCUT2D eigenvalue weighted by atomic mass is 16.5. The van der Waals surface area contributed by atoms with Crippen molar-refractivity contribution in [1.82, 2.24) is 0 Å². The molecular weight excluding hydrogens is 248 g/mol. The van der Waals surface area contributed by atoms with E-state index >= 15 is 0 Å². The number of hydrogen-bond acceptors (Lipinski definition) is 5. The van der Waals surface area contributed by atoms with Crippen LogP contribution >= 0.6 is 0 Å².